The van der Waals surface area contributed by atoms with Crippen molar-refractivity contribution in [1.29, 1.82) is 0 Å². The number of rotatable bonds is 4. The van der Waals surface area contributed by atoms with Gasteiger partial charge in [-0.3, -0.25) is 4.79 Å². The lowest BCUT2D eigenvalue weighted by Gasteiger charge is -2.37. The number of aryl methyl sites for hydroxylation is 1. The third kappa shape index (κ3) is 4.06. The Balaban J connectivity index is 1.76. The third-order valence-corrected chi connectivity index (χ3v) is 7.05. The summed E-state index contributed by atoms with van der Waals surface area (Å²) in [7, 11) is -3.12. The van der Waals surface area contributed by atoms with Gasteiger partial charge in [0.15, 0.2) is 9.84 Å². The van der Waals surface area contributed by atoms with Crippen LogP contribution in [0.25, 0.3) is 0 Å². The van der Waals surface area contributed by atoms with Crippen LogP contribution in [0.4, 0.5) is 0 Å². The summed E-state index contributed by atoms with van der Waals surface area (Å²) in [6.45, 7) is 7.20. The maximum atomic E-state index is 13.0. The van der Waals surface area contributed by atoms with E-state index < -0.39 is 9.84 Å². The van der Waals surface area contributed by atoms with Crippen LogP contribution >= 0.6 is 0 Å². The summed E-state index contributed by atoms with van der Waals surface area (Å²) in [5.74, 6) is 0.561. The van der Waals surface area contributed by atoms with Crippen LogP contribution in [0.5, 0.6) is 0 Å². The molecule has 0 aliphatic carbocycles. The van der Waals surface area contributed by atoms with E-state index in [1.165, 1.54) is 5.56 Å². The molecule has 3 rings (SSSR count). The standard InChI is InChI=1S/C19H27NO4S/c1-13(2)16(15-6-4-14(3)5-7-15)10-19(21)20-8-9-24-18-12-25(22,23)11-17(18)20/h4-7,13,16-18H,8-12H2,1-3H3. The van der Waals surface area contributed by atoms with Crippen molar-refractivity contribution in [2.24, 2.45) is 5.92 Å². The minimum atomic E-state index is -3.12. The number of ether oxygens (including phenoxy) is 1. The Hall–Kier alpha value is -1.40. The van der Waals surface area contributed by atoms with Crippen molar-refractivity contribution in [3.63, 3.8) is 0 Å². The number of morpholine rings is 1. The van der Waals surface area contributed by atoms with Crippen LogP contribution in [0.1, 0.15) is 37.3 Å². The summed E-state index contributed by atoms with van der Waals surface area (Å²) in [6.07, 6.45) is 0.0452. The summed E-state index contributed by atoms with van der Waals surface area (Å²) in [6, 6.07) is 8.01. The second-order valence-electron chi connectivity index (χ2n) is 7.61. The Kier molecular flexibility index (Phi) is 5.21. The first-order valence-corrected chi connectivity index (χ1v) is 10.8. The van der Waals surface area contributed by atoms with Crippen molar-refractivity contribution in [1.82, 2.24) is 4.90 Å². The second-order valence-corrected chi connectivity index (χ2v) is 9.76. The number of carbonyl (C=O) groups is 1. The van der Waals surface area contributed by atoms with Gasteiger partial charge in [0, 0.05) is 13.0 Å². The first kappa shape index (κ1) is 18.4. The minimum Gasteiger partial charge on any atom is -0.373 e. The lowest BCUT2D eigenvalue weighted by Crippen LogP contribution is -2.53. The summed E-state index contributed by atoms with van der Waals surface area (Å²) < 4.78 is 29.5. The van der Waals surface area contributed by atoms with Gasteiger partial charge in [0.05, 0.1) is 30.3 Å². The number of amides is 1. The van der Waals surface area contributed by atoms with Crippen molar-refractivity contribution >= 4 is 15.7 Å². The van der Waals surface area contributed by atoms with E-state index in [-0.39, 0.29) is 35.5 Å². The number of hydrogen-bond acceptors (Lipinski definition) is 4. The van der Waals surface area contributed by atoms with Gasteiger partial charge in [-0.1, -0.05) is 43.7 Å². The Morgan fingerprint density at radius 1 is 1.24 bits per heavy atom. The number of nitrogens with zero attached hydrogens (tertiary/aromatic N) is 1. The van der Waals surface area contributed by atoms with Gasteiger partial charge in [-0.25, -0.2) is 8.42 Å². The van der Waals surface area contributed by atoms with Crippen LogP contribution in [0, 0.1) is 12.8 Å². The fourth-order valence-electron chi connectivity index (χ4n) is 3.88. The lowest BCUT2D eigenvalue weighted by molar-refractivity contribution is -0.143. The highest BCUT2D eigenvalue weighted by Crippen LogP contribution is 2.31. The predicted octanol–water partition coefficient (Wildman–Crippen LogP) is 2.15. The molecule has 1 amide bonds. The first-order valence-electron chi connectivity index (χ1n) is 8.95. The zero-order valence-corrected chi connectivity index (χ0v) is 16.0. The Morgan fingerprint density at radius 2 is 1.92 bits per heavy atom. The van der Waals surface area contributed by atoms with Crippen molar-refractivity contribution in [3.8, 4) is 0 Å². The van der Waals surface area contributed by atoms with Crippen molar-refractivity contribution in [2.75, 3.05) is 24.7 Å². The van der Waals surface area contributed by atoms with Crippen molar-refractivity contribution in [3.05, 3.63) is 35.4 Å². The van der Waals surface area contributed by atoms with E-state index in [4.69, 9.17) is 4.74 Å². The first-order chi connectivity index (χ1) is 11.8. The molecule has 2 fully saturated rings. The van der Waals surface area contributed by atoms with Crippen LogP contribution in [0.15, 0.2) is 24.3 Å². The molecular formula is C19H27NO4S. The molecule has 0 N–H and O–H groups in total. The summed E-state index contributed by atoms with van der Waals surface area (Å²) in [5.41, 5.74) is 2.36. The van der Waals surface area contributed by atoms with Gasteiger partial charge in [-0.05, 0) is 24.3 Å². The average molecular weight is 365 g/mol. The molecule has 0 saturated carbocycles. The Bertz CT molecular complexity index is 726. The molecule has 25 heavy (non-hydrogen) atoms. The highest BCUT2D eigenvalue weighted by atomic mass is 32.2. The number of hydrogen-bond donors (Lipinski definition) is 0. The van der Waals surface area contributed by atoms with Crippen molar-refractivity contribution < 1.29 is 17.9 Å². The Morgan fingerprint density at radius 3 is 2.56 bits per heavy atom. The molecule has 3 unspecified atom stereocenters. The summed E-state index contributed by atoms with van der Waals surface area (Å²) in [4.78, 5) is 14.7. The Labute approximate surface area is 150 Å². The third-order valence-electron chi connectivity index (χ3n) is 5.36. The van der Waals surface area contributed by atoms with Gasteiger partial charge in [0.2, 0.25) is 5.91 Å². The number of sulfone groups is 1. The summed E-state index contributed by atoms with van der Waals surface area (Å²) in [5, 5.41) is 0. The van der Waals surface area contributed by atoms with E-state index in [1.54, 1.807) is 4.90 Å². The normalized spacial score (nSPS) is 26.5. The molecule has 0 bridgehead atoms. The van der Waals surface area contributed by atoms with E-state index in [0.717, 1.165) is 5.56 Å². The van der Waals surface area contributed by atoms with Gasteiger partial charge >= 0.3 is 0 Å². The van der Waals surface area contributed by atoms with Gasteiger partial charge in [-0.15, -0.1) is 0 Å². The number of carbonyl (C=O) groups excluding carboxylic acids is 1. The van der Waals surface area contributed by atoms with Crippen LogP contribution in [0.2, 0.25) is 0 Å². The lowest BCUT2D eigenvalue weighted by atomic mass is 9.85. The maximum absolute atomic E-state index is 13.0. The fraction of sp³-hybridized carbons (Fsp3) is 0.632. The average Bonchev–Trinajstić information content (AvgIpc) is 2.86. The van der Waals surface area contributed by atoms with Crippen molar-refractivity contribution in [2.45, 2.75) is 45.3 Å². The molecule has 0 radical (unpaired) electrons. The molecular weight excluding hydrogens is 338 g/mol. The smallest absolute Gasteiger partial charge is 0.223 e. The number of fused-ring (bicyclic) bond motifs is 1. The molecule has 138 valence electrons. The fourth-order valence-corrected chi connectivity index (χ4v) is 5.75. The van der Waals surface area contributed by atoms with Crippen LogP contribution in [0.3, 0.4) is 0 Å². The molecule has 2 saturated heterocycles. The molecule has 2 aliphatic heterocycles. The highest BCUT2D eigenvalue weighted by Gasteiger charge is 2.45. The molecule has 0 spiro atoms. The minimum absolute atomic E-state index is 0.0281. The predicted molar refractivity (Wildman–Crippen MR) is 97.3 cm³/mol. The molecule has 2 heterocycles. The van der Waals surface area contributed by atoms with E-state index in [0.29, 0.717) is 25.5 Å². The van der Waals surface area contributed by atoms with Gasteiger partial charge in [0.25, 0.3) is 0 Å². The molecule has 0 aromatic heterocycles. The topological polar surface area (TPSA) is 63.7 Å². The molecule has 2 aliphatic rings. The molecule has 1 aromatic carbocycles. The van der Waals surface area contributed by atoms with E-state index in [9.17, 15) is 13.2 Å². The highest BCUT2D eigenvalue weighted by molar-refractivity contribution is 7.91. The van der Waals surface area contributed by atoms with Gasteiger partial charge in [0.1, 0.15) is 0 Å². The van der Waals surface area contributed by atoms with Crippen LogP contribution < -0.4 is 0 Å². The second kappa shape index (κ2) is 7.08. The molecule has 6 heteroatoms. The molecule has 1 aromatic rings. The number of benzene rings is 1. The zero-order valence-electron chi connectivity index (χ0n) is 15.1. The molecule has 3 atom stereocenters. The van der Waals surface area contributed by atoms with Crippen LogP contribution in [-0.4, -0.2) is 56.0 Å². The zero-order chi connectivity index (χ0) is 18.2. The van der Waals surface area contributed by atoms with E-state index in [2.05, 4.69) is 38.1 Å². The summed E-state index contributed by atoms with van der Waals surface area (Å²) >= 11 is 0. The van der Waals surface area contributed by atoms with Gasteiger partial charge in [-0.2, -0.15) is 0 Å². The maximum Gasteiger partial charge on any atom is 0.223 e. The largest absolute Gasteiger partial charge is 0.373 e. The quantitative estimate of drug-likeness (QED) is 0.820. The molecule has 5 nitrogen and oxygen atoms in total. The van der Waals surface area contributed by atoms with Crippen LogP contribution in [-0.2, 0) is 19.4 Å². The monoisotopic (exact) mass is 365 g/mol. The van der Waals surface area contributed by atoms with E-state index >= 15 is 0 Å². The van der Waals surface area contributed by atoms with E-state index in [1.807, 2.05) is 6.92 Å². The SMILES string of the molecule is Cc1ccc(C(CC(=O)N2CCOC3CS(=O)(=O)CC32)C(C)C)cc1. The van der Waals surface area contributed by atoms with Gasteiger partial charge < -0.3 is 9.64 Å².